The summed E-state index contributed by atoms with van der Waals surface area (Å²) >= 11 is 12.6. The van der Waals surface area contributed by atoms with E-state index in [4.69, 9.17) is 32.7 Å². The SMILES string of the molecule is CCC(C)n1ncn(-c2ccc(N3CCN(c4ccc(OCC5COC(C)(c6ccc(Cl)cc6Cl)C5)cc4)CC3)cc2)c1=O. The lowest BCUT2D eigenvalue weighted by atomic mass is 9.89. The van der Waals surface area contributed by atoms with E-state index in [0.29, 0.717) is 23.3 Å². The third-order valence-electron chi connectivity index (χ3n) is 8.98. The molecule has 0 amide bonds. The highest BCUT2D eigenvalue weighted by atomic mass is 35.5. The van der Waals surface area contributed by atoms with Gasteiger partial charge in [-0.3, -0.25) is 0 Å². The van der Waals surface area contributed by atoms with E-state index in [9.17, 15) is 4.79 Å². The van der Waals surface area contributed by atoms with E-state index in [1.165, 1.54) is 5.69 Å². The number of ether oxygens (including phenoxy) is 2. The van der Waals surface area contributed by atoms with Gasteiger partial charge in [-0.25, -0.2) is 14.0 Å². The number of benzene rings is 3. The Kier molecular flexibility index (Phi) is 8.94. The van der Waals surface area contributed by atoms with Crippen LogP contribution in [0.15, 0.2) is 77.9 Å². The number of rotatable bonds is 9. The molecule has 8 nitrogen and oxygen atoms in total. The molecule has 2 saturated heterocycles. The summed E-state index contributed by atoms with van der Waals surface area (Å²) in [5.41, 5.74) is 3.60. The Morgan fingerprint density at radius 1 is 0.955 bits per heavy atom. The van der Waals surface area contributed by atoms with Crippen LogP contribution in [0.1, 0.15) is 45.2 Å². The van der Waals surface area contributed by atoms with Gasteiger partial charge in [-0.15, -0.1) is 0 Å². The molecule has 4 aromatic rings. The van der Waals surface area contributed by atoms with E-state index in [-0.39, 0.29) is 17.6 Å². The second-order valence-corrected chi connectivity index (χ2v) is 12.9. The van der Waals surface area contributed by atoms with Gasteiger partial charge >= 0.3 is 5.69 Å². The van der Waals surface area contributed by atoms with Crippen molar-refractivity contribution in [2.45, 2.75) is 45.3 Å². The van der Waals surface area contributed by atoms with Gasteiger partial charge in [0.25, 0.3) is 0 Å². The molecular weight excluding hydrogens is 597 g/mol. The molecule has 3 unspecified atom stereocenters. The zero-order valence-electron chi connectivity index (χ0n) is 25.5. The summed E-state index contributed by atoms with van der Waals surface area (Å²) in [4.78, 5) is 17.6. The summed E-state index contributed by atoms with van der Waals surface area (Å²) in [5, 5.41) is 5.55. The van der Waals surface area contributed by atoms with E-state index in [1.807, 2.05) is 31.2 Å². The number of nitrogens with zero attached hydrogens (tertiary/aromatic N) is 5. The molecule has 0 aliphatic carbocycles. The van der Waals surface area contributed by atoms with Gasteiger partial charge in [0.05, 0.1) is 30.5 Å². The molecule has 0 saturated carbocycles. The predicted molar refractivity (Wildman–Crippen MR) is 177 cm³/mol. The van der Waals surface area contributed by atoms with Crippen molar-refractivity contribution >= 4 is 34.6 Å². The lowest BCUT2D eigenvalue weighted by Crippen LogP contribution is -2.46. The third-order valence-corrected chi connectivity index (χ3v) is 9.53. The van der Waals surface area contributed by atoms with Crippen LogP contribution < -0.4 is 20.2 Å². The van der Waals surface area contributed by atoms with Crippen molar-refractivity contribution in [3.8, 4) is 11.4 Å². The van der Waals surface area contributed by atoms with Gasteiger partial charge in [-0.1, -0.05) is 36.2 Å². The zero-order chi connectivity index (χ0) is 30.8. The minimum Gasteiger partial charge on any atom is -0.493 e. The number of anilines is 2. The first-order valence-corrected chi connectivity index (χ1v) is 16.1. The monoisotopic (exact) mass is 635 g/mol. The molecule has 10 heteroatoms. The van der Waals surface area contributed by atoms with Crippen molar-refractivity contribution in [1.82, 2.24) is 14.3 Å². The average Bonchev–Trinajstić information content (AvgIpc) is 3.62. The number of piperazine rings is 1. The molecule has 0 spiro atoms. The van der Waals surface area contributed by atoms with Gasteiger partial charge < -0.3 is 19.3 Å². The maximum absolute atomic E-state index is 12.8. The molecule has 0 bridgehead atoms. The molecular formula is C34H39Cl2N5O3. The lowest BCUT2D eigenvalue weighted by molar-refractivity contribution is 0.0150. The van der Waals surface area contributed by atoms with Crippen LogP contribution in [-0.2, 0) is 10.3 Å². The van der Waals surface area contributed by atoms with Gasteiger partial charge in [0.2, 0.25) is 0 Å². The van der Waals surface area contributed by atoms with Crippen LogP contribution in [0.5, 0.6) is 5.75 Å². The third kappa shape index (κ3) is 6.34. The standard InChI is InChI=1S/C34H39Cl2N5O3/c1-4-24(2)41-33(42)40(23-37-41)29-8-6-27(7-9-29)38-15-17-39(18-16-38)28-10-12-30(13-11-28)43-21-25-20-34(3,44-22-25)31-14-5-26(35)19-32(31)36/h5-14,19,23-25H,4,15-18,20-22H2,1-3H3. The molecule has 44 heavy (non-hydrogen) atoms. The van der Waals surface area contributed by atoms with E-state index < -0.39 is 5.60 Å². The summed E-state index contributed by atoms with van der Waals surface area (Å²) in [6.45, 7) is 11.0. The van der Waals surface area contributed by atoms with Crippen LogP contribution in [0, 0.1) is 5.92 Å². The Morgan fingerprint density at radius 2 is 1.57 bits per heavy atom. The fourth-order valence-corrected chi connectivity index (χ4v) is 6.77. The average molecular weight is 637 g/mol. The first kappa shape index (κ1) is 30.6. The van der Waals surface area contributed by atoms with Crippen molar-refractivity contribution in [2.24, 2.45) is 5.92 Å². The molecule has 232 valence electrons. The van der Waals surface area contributed by atoms with E-state index in [1.54, 1.807) is 21.6 Å². The highest BCUT2D eigenvalue weighted by Crippen LogP contribution is 2.42. The maximum atomic E-state index is 12.8. The fraction of sp³-hybridized carbons (Fsp3) is 0.412. The molecule has 6 rings (SSSR count). The Labute approximate surface area is 268 Å². The molecule has 3 atom stereocenters. The van der Waals surface area contributed by atoms with Crippen LogP contribution in [-0.4, -0.2) is 53.7 Å². The van der Waals surface area contributed by atoms with E-state index >= 15 is 0 Å². The molecule has 0 N–H and O–H groups in total. The summed E-state index contributed by atoms with van der Waals surface area (Å²) in [7, 11) is 0. The number of hydrogen-bond acceptors (Lipinski definition) is 6. The van der Waals surface area contributed by atoms with Crippen LogP contribution in [0.25, 0.3) is 5.69 Å². The smallest absolute Gasteiger partial charge is 0.350 e. The van der Waals surface area contributed by atoms with Crippen LogP contribution in [0.4, 0.5) is 11.4 Å². The normalized spacial score (nSPS) is 21.1. The summed E-state index contributed by atoms with van der Waals surface area (Å²) < 4.78 is 15.5. The summed E-state index contributed by atoms with van der Waals surface area (Å²) in [6.07, 6.45) is 3.30. The molecule has 2 aliphatic heterocycles. The summed E-state index contributed by atoms with van der Waals surface area (Å²) in [5.74, 6) is 1.14. The fourth-order valence-electron chi connectivity index (χ4n) is 6.17. The summed E-state index contributed by atoms with van der Waals surface area (Å²) in [6, 6.07) is 22.2. The first-order valence-electron chi connectivity index (χ1n) is 15.3. The minimum absolute atomic E-state index is 0.0775. The van der Waals surface area contributed by atoms with E-state index in [0.717, 1.165) is 61.7 Å². The zero-order valence-corrected chi connectivity index (χ0v) is 27.0. The topological polar surface area (TPSA) is 64.8 Å². The maximum Gasteiger partial charge on any atom is 0.350 e. The van der Waals surface area contributed by atoms with Crippen molar-refractivity contribution < 1.29 is 9.47 Å². The number of halogens is 2. The van der Waals surface area contributed by atoms with Crippen LogP contribution in [0.2, 0.25) is 10.0 Å². The highest BCUT2D eigenvalue weighted by Gasteiger charge is 2.39. The number of hydrogen-bond donors (Lipinski definition) is 0. The quantitative estimate of drug-likeness (QED) is 0.198. The van der Waals surface area contributed by atoms with Crippen LogP contribution in [0.3, 0.4) is 0 Å². The molecule has 3 aromatic carbocycles. The van der Waals surface area contributed by atoms with Crippen molar-refractivity contribution in [2.75, 3.05) is 49.2 Å². The van der Waals surface area contributed by atoms with E-state index in [2.05, 4.69) is 65.1 Å². The van der Waals surface area contributed by atoms with Gasteiger partial charge in [-0.2, -0.15) is 5.10 Å². The second-order valence-electron chi connectivity index (χ2n) is 12.0. The van der Waals surface area contributed by atoms with Crippen molar-refractivity contribution in [3.63, 3.8) is 0 Å². The highest BCUT2D eigenvalue weighted by molar-refractivity contribution is 6.35. The predicted octanol–water partition coefficient (Wildman–Crippen LogP) is 6.97. The minimum atomic E-state index is -0.444. The Bertz CT molecular complexity index is 1630. The van der Waals surface area contributed by atoms with Gasteiger partial charge in [0.1, 0.15) is 12.1 Å². The van der Waals surface area contributed by atoms with Crippen LogP contribution >= 0.6 is 23.2 Å². The van der Waals surface area contributed by atoms with Crippen molar-refractivity contribution in [1.29, 1.82) is 0 Å². The Morgan fingerprint density at radius 3 is 2.18 bits per heavy atom. The Balaban J connectivity index is 0.991. The molecule has 0 radical (unpaired) electrons. The van der Waals surface area contributed by atoms with Gasteiger partial charge in [0, 0.05) is 59.1 Å². The molecule has 1 aromatic heterocycles. The van der Waals surface area contributed by atoms with Crippen molar-refractivity contribution in [3.05, 3.63) is 99.2 Å². The first-order chi connectivity index (χ1) is 21.2. The van der Waals surface area contributed by atoms with Gasteiger partial charge in [-0.05, 0) is 87.4 Å². The molecule has 2 fully saturated rings. The molecule has 2 aliphatic rings. The number of aromatic nitrogens is 3. The largest absolute Gasteiger partial charge is 0.493 e. The lowest BCUT2D eigenvalue weighted by Gasteiger charge is -2.37. The van der Waals surface area contributed by atoms with Gasteiger partial charge in [0.15, 0.2) is 0 Å². The Hall–Kier alpha value is -3.46. The molecule has 3 heterocycles. The second kappa shape index (κ2) is 12.9.